The van der Waals surface area contributed by atoms with Crippen LogP contribution < -0.4 is 5.73 Å². The molecule has 0 aromatic heterocycles. The minimum atomic E-state index is 0.326. The van der Waals surface area contributed by atoms with Crippen LogP contribution in [0.25, 0.3) is 0 Å². The van der Waals surface area contributed by atoms with E-state index in [0.29, 0.717) is 11.3 Å². The van der Waals surface area contributed by atoms with E-state index in [1.54, 1.807) is 0 Å². The van der Waals surface area contributed by atoms with Gasteiger partial charge in [-0.1, -0.05) is 18.2 Å². The maximum absolute atomic E-state index is 6.33. The summed E-state index contributed by atoms with van der Waals surface area (Å²) >= 11 is 2.06. The second-order valence-corrected chi connectivity index (χ2v) is 6.14. The van der Waals surface area contributed by atoms with Crippen molar-refractivity contribution < 1.29 is 0 Å². The summed E-state index contributed by atoms with van der Waals surface area (Å²) in [4.78, 5) is 0. The smallest absolute Gasteiger partial charge is 0.0202 e. The van der Waals surface area contributed by atoms with Gasteiger partial charge in [-0.15, -0.1) is 0 Å². The summed E-state index contributed by atoms with van der Waals surface area (Å²) in [7, 11) is 0. The molecule has 1 aliphatic rings. The topological polar surface area (TPSA) is 26.0 Å². The second-order valence-electron chi connectivity index (χ2n) is 4.79. The van der Waals surface area contributed by atoms with Crippen molar-refractivity contribution in [1.29, 1.82) is 0 Å². The van der Waals surface area contributed by atoms with E-state index in [1.165, 1.54) is 35.3 Å². The molecule has 1 nitrogen and oxygen atoms in total. The third-order valence-electron chi connectivity index (χ3n) is 3.53. The monoisotopic (exact) mass is 235 g/mol. The molecule has 0 spiro atoms. The Balaban J connectivity index is 2.07. The number of aryl methyl sites for hydroxylation is 2. The summed E-state index contributed by atoms with van der Waals surface area (Å²) in [6.07, 6.45) is 3.68. The number of rotatable bonds is 3. The zero-order valence-electron chi connectivity index (χ0n) is 10.2. The molecule has 0 saturated carbocycles. The molecule has 1 heterocycles. The molecule has 0 bridgehead atoms. The Morgan fingerprint density at radius 2 is 2.06 bits per heavy atom. The Bertz CT molecular complexity index is 336. The lowest BCUT2D eigenvalue weighted by Crippen LogP contribution is -2.33. The minimum absolute atomic E-state index is 0.326. The van der Waals surface area contributed by atoms with Gasteiger partial charge in [-0.3, -0.25) is 0 Å². The van der Waals surface area contributed by atoms with Crippen LogP contribution in [-0.4, -0.2) is 17.0 Å². The van der Waals surface area contributed by atoms with Gasteiger partial charge in [0.05, 0.1) is 0 Å². The molecule has 1 saturated heterocycles. The van der Waals surface area contributed by atoms with Gasteiger partial charge < -0.3 is 5.73 Å². The van der Waals surface area contributed by atoms with Crippen molar-refractivity contribution in [3.05, 3.63) is 34.9 Å². The first-order valence-electron chi connectivity index (χ1n) is 6.11. The maximum atomic E-state index is 6.33. The molecular weight excluding hydrogens is 214 g/mol. The fraction of sp³-hybridized carbons (Fsp3) is 0.571. The van der Waals surface area contributed by atoms with E-state index in [4.69, 9.17) is 5.73 Å². The first-order valence-corrected chi connectivity index (χ1v) is 7.15. The maximum Gasteiger partial charge on any atom is 0.0202 e. The third-order valence-corrected chi connectivity index (χ3v) is 5.06. The molecule has 0 amide bonds. The molecule has 88 valence electrons. The summed E-state index contributed by atoms with van der Waals surface area (Å²) in [6.45, 7) is 4.38. The van der Waals surface area contributed by atoms with Gasteiger partial charge in [-0.2, -0.15) is 11.8 Å². The number of thioether (sulfide) groups is 1. The van der Waals surface area contributed by atoms with Crippen molar-refractivity contribution in [1.82, 2.24) is 0 Å². The van der Waals surface area contributed by atoms with E-state index in [9.17, 15) is 0 Å². The molecular formula is C14H21NS. The lowest BCUT2D eigenvalue weighted by molar-refractivity contribution is 0.606. The van der Waals surface area contributed by atoms with Gasteiger partial charge in [0.25, 0.3) is 0 Å². The molecule has 0 radical (unpaired) electrons. The van der Waals surface area contributed by atoms with E-state index in [0.717, 1.165) is 6.42 Å². The van der Waals surface area contributed by atoms with E-state index in [1.807, 2.05) is 0 Å². The molecule has 1 aliphatic heterocycles. The molecule has 0 aliphatic carbocycles. The Labute approximate surface area is 103 Å². The van der Waals surface area contributed by atoms with Gasteiger partial charge in [0.15, 0.2) is 0 Å². The van der Waals surface area contributed by atoms with Crippen molar-refractivity contribution >= 4 is 11.8 Å². The summed E-state index contributed by atoms with van der Waals surface area (Å²) in [6, 6.07) is 6.84. The summed E-state index contributed by atoms with van der Waals surface area (Å²) in [5.74, 6) is 1.30. The van der Waals surface area contributed by atoms with Crippen molar-refractivity contribution in [3.8, 4) is 0 Å². The molecule has 2 atom stereocenters. The lowest BCUT2D eigenvalue weighted by Gasteiger charge is -2.20. The van der Waals surface area contributed by atoms with E-state index in [2.05, 4.69) is 43.8 Å². The van der Waals surface area contributed by atoms with Crippen molar-refractivity contribution in [2.45, 2.75) is 44.4 Å². The fourth-order valence-electron chi connectivity index (χ4n) is 2.48. The molecule has 16 heavy (non-hydrogen) atoms. The van der Waals surface area contributed by atoms with E-state index < -0.39 is 0 Å². The normalized spacial score (nSPS) is 22.3. The highest BCUT2D eigenvalue weighted by Crippen LogP contribution is 2.30. The van der Waals surface area contributed by atoms with Crippen LogP contribution in [0.2, 0.25) is 0 Å². The predicted octanol–water partition coefficient (Wildman–Crippen LogP) is 3.07. The van der Waals surface area contributed by atoms with Gasteiger partial charge in [0.2, 0.25) is 0 Å². The van der Waals surface area contributed by atoms with Gasteiger partial charge in [0, 0.05) is 11.3 Å². The van der Waals surface area contributed by atoms with Gasteiger partial charge in [-0.25, -0.2) is 0 Å². The zero-order valence-corrected chi connectivity index (χ0v) is 11.0. The first-order chi connectivity index (χ1) is 7.68. The molecule has 2 rings (SSSR count). The van der Waals surface area contributed by atoms with Crippen LogP contribution in [0.4, 0.5) is 0 Å². The standard InChI is InChI=1S/C14H21NS/c1-10-5-3-6-11(2)12(10)9-13(15)14-7-4-8-16-14/h3,5-6,13-14H,4,7-9,15H2,1-2H3. The van der Waals surface area contributed by atoms with E-state index >= 15 is 0 Å². The quantitative estimate of drug-likeness (QED) is 0.871. The second kappa shape index (κ2) is 5.24. The number of hydrogen-bond acceptors (Lipinski definition) is 2. The molecule has 2 heteroatoms. The highest BCUT2D eigenvalue weighted by molar-refractivity contribution is 8.00. The largest absolute Gasteiger partial charge is 0.326 e. The minimum Gasteiger partial charge on any atom is -0.326 e. The van der Waals surface area contributed by atoms with Crippen LogP contribution in [0.3, 0.4) is 0 Å². The van der Waals surface area contributed by atoms with Crippen molar-refractivity contribution in [2.24, 2.45) is 5.73 Å². The molecule has 1 aromatic rings. The summed E-state index contributed by atoms with van der Waals surface area (Å²) < 4.78 is 0. The van der Waals surface area contributed by atoms with Crippen molar-refractivity contribution in [3.63, 3.8) is 0 Å². The third kappa shape index (κ3) is 2.61. The number of benzene rings is 1. The predicted molar refractivity (Wildman–Crippen MR) is 73.1 cm³/mol. The Morgan fingerprint density at radius 1 is 1.38 bits per heavy atom. The highest BCUT2D eigenvalue weighted by Gasteiger charge is 2.23. The Morgan fingerprint density at radius 3 is 2.62 bits per heavy atom. The Hall–Kier alpha value is -0.470. The molecule has 2 N–H and O–H groups in total. The SMILES string of the molecule is Cc1cccc(C)c1CC(N)C1CCCS1. The highest BCUT2D eigenvalue weighted by atomic mass is 32.2. The van der Waals surface area contributed by atoms with E-state index in [-0.39, 0.29) is 0 Å². The van der Waals surface area contributed by atoms with Crippen LogP contribution in [0.5, 0.6) is 0 Å². The number of hydrogen-bond donors (Lipinski definition) is 1. The fourth-order valence-corrected chi connectivity index (χ4v) is 3.79. The van der Waals surface area contributed by atoms with Crippen LogP contribution in [0.1, 0.15) is 29.5 Å². The van der Waals surface area contributed by atoms with Crippen LogP contribution >= 0.6 is 11.8 Å². The zero-order chi connectivity index (χ0) is 11.5. The lowest BCUT2D eigenvalue weighted by atomic mass is 9.94. The average Bonchev–Trinajstić information content (AvgIpc) is 2.76. The first kappa shape index (κ1) is 12.0. The average molecular weight is 235 g/mol. The molecule has 1 fully saturated rings. The van der Waals surface area contributed by atoms with Gasteiger partial charge in [-0.05, 0) is 55.6 Å². The van der Waals surface area contributed by atoms with Crippen LogP contribution in [0, 0.1) is 13.8 Å². The van der Waals surface area contributed by atoms with Crippen LogP contribution in [-0.2, 0) is 6.42 Å². The summed E-state index contributed by atoms with van der Waals surface area (Å²) in [5, 5.41) is 0.680. The van der Waals surface area contributed by atoms with Gasteiger partial charge >= 0.3 is 0 Å². The molecule has 2 unspecified atom stereocenters. The van der Waals surface area contributed by atoms with Crippen molar-refractivity contribution in [2.75, 3.05) is 5.75 Å². The van der Waals surface area contributed by atoms with Gasteiger partial charge in [0.1, 0.15) is 0 Å². The Kier molecular flexibility index (Phi) is 3.93. The molecule has 1 aromatic carbocycles. The summed E-state index contributed by atoms with van der Waals surface area (Å²) in [5.41, 5.74) is 10.6. The number of nitrogens with two attached hydrogens (primary N) is 1. The van der Waals surface area contributed by atoms with Crippen LogP contribution in [0.15, 0.2) is 18.2 Å².